The van der Waals surface area contributed by atoms with Crippen LogP contribution >= 0.6 is 0 Å². The summed E-state index contributed by atoms with van der Waals surface area (Å²) in [4.78, 5) is 19.0. The first-order chi connectivity index (χ1) is 13.2. The van der Waals surface area contributed by atoms with Gasteiger partial charge in [0.25, 0.3) is 5.91 Å². The molecule has 1 aliphatic heterocycles. The van der Waals surface area contributed by atoms with Crippen LogP contribution in [0.2, 0.25) is 0 Å². The number of hydrogen-bond donors (Lipinski definition) is 1. The number of aromatic nitrogens is 1. The van der Waals surface area contributed by atoms with Crippen LogP contribution in [-0.4, -0.2) is 24.0 Å². The minimum absolute atomic E-state index is 0.225. The number of carbonyl (C=O) groups excluding carboxylic acids is 1. The van der Waals surface area contributed by atoms with E-state index < -0.39 is 0 Å². The van der Waals surface area contributed by atoms with Gasteiger partial charge in [-0.3, -0.25) is 4.79 Å². The molecular formula is C21H20FN3O2. The van der Waals surface area contributed by atoms with Crippen LogP contribution in [0.25, 0.3) is 11.3 Å². The minimum atomic E-state index is -0.311. The summed E-state index contributed by atoms with van der Waals surface area (Å²) >= 11 is 0. The van der Waals surface area contributed by atoms with Crippen molar-refractivity contribution >= 4 is 11.7 Å². The third-order valence-electron chi connectivity index (χ3n) is 4.65. The number of nitrogens with one attached hydrogen (secondary N) is 1. The molecule has 5 nitrogen and oxygen atoms in total. The Kier molecular flexibility index (Phi) is 4.87. The number of carbonyl (C=O) groups is 1. The molecule has 3 heterocycles. The summed E-state index contributed by atoms with van der Waals surface area (Å²) in [7, 11) is 0. The molecule has 0 aliphatic carbocycles. The zero-order valence-corrected chi connectivity index (χ0v) is 14.8. The smallest absolute Gasteiger partial charge is 0.287 e. The number of nitrogens with zero attached hydrogens (tertiary/aromatic N) is 2. The summed E-state index contributed by atoms with van der Waals surface area (Å²) < 4.78 is 18.6. The van der Waals surface area contributed by atoms with Crippen molar-refractivity contribution < 1.29 is 13.6 Å². The summed E-state index contributed by atoms with van der Waals surface area (Å²) in [6.07, 6.45) is 4.16. The Morgan fingerprint density at radius 1 is 1.11 bits per heavy atom. The molecular weight excluding hydrogens is 345 g/mol. The summed E-state index contributed by atoms with van der Waals surface area (Å²) in [5.41, 5.74) is 1.71. The lowest BCUT2D eigenvalue weighted by Crippen LogP contribution is -2.23. The third-order valence-corrected chi connectivity index (χ3v) is 4.65. The molecule has 1 saturated heterocycles. The lowest BCUT2D eigenvalue weighted by atomic mass is 10.2. The first-order valence-electron chi connectivity index (χ1n) is 9.03. The lowest BCUT2D eigenvalue weighted by Gasteiger charge is -2.16. The monoisotopic (exact) mass is 365 g/mol. The van der Waals surface area contributed by atoms with Gasteiger partial charge in [-0.2, -0.15) is 0 Å². The van der Waals surface area contributed by atoms with Crippen molar-refractivity contribution in [1.29, 1.82) is 0 Å². The van der Waals surface area contributed by atoms with Crippen LogP contribution in [0.1, 0.15) is 29.0 Å². The van der Waals surface area contributed by atoms with Gasteiger partial charge in [-0.05, 0) is 66.9 Å². The SMILES string of the molecule is O=C(NCc1ccnc(N2CCCC2)c1)c1ccc(-c2ccc(F)cc2)o1. The first-order valence-corrected chi connectivity index (χ1v) is 9.03. The van der Waals surface area contributed by atoms with Crippen LogP contribution in [0.4, 0.5) is 10.2 Å². The highest BCUT2D eigenvalue weighted by atomic mass is 19.1. The van der Waals surface area contributed by atoms with Gasteiger partial charge in [0.15, 0.2) is 5.76 Å². The Morgan fingerprint density at radius 3 is 2.67 bits per heavy atom. The zero-order valence-electron chi connectivity index (χ0n) is 14.8. The van der Waals surface area contributed by atoms with Crippen LogP contribution in [0.5, 0.6) is 0 Å². The van der Waals surface area contributed by atoms with Crippen LogP contribution in [-0.2, 0) is 6.54 Å². The van der Waals surface area contributed by atoms with E-state index in [1.165, 1.54) is 25.0 Å². The van der Waals surface area contributed by atoms with Crippen molar-refractivity contribution in [2.24, 2.45) is 0 Å². The van der Waals surface area contributed by atoms with Crippen LogP contribution < -0.4 is 10.2 Å². The summed E-state index contributed by atoms with van der Waals surface area (Å²) in [5.74, 6) is 1.11. The zero-order chi connectivity index (χ0) is 18.6. The Labute approximate surface area is 156 Å². The molecule has 4 rings (SSSR count). The highest BCUT2D eigenvalue weighted by molar-refractivity contribution is 5.92. The molecule has 2 aromatic heterocycles. The van der Waals surface area contributed by atoms with E-state index in [2.05, 4.69) is 15.2 Å². The molecule has 1 aliphatic rings. The van der Waals surface area contributed by atoms with Gasteiger partial charge < -0.3 is 14.6 Å². The summed E-state index contributed by atoms with van der Waals surface area (Å²) in [5, 5.41) is 2.87. The maximum atomic E-state index is 13.0. The van der Waals surface area contributed by atoms with Gasteiger partial charge >= 0.3 is 0 Å². The molecule has 3 aromatic rings. The Morgan fingerprint density at radius 2 is 1.89 bits per heavy atom. The Bertz CT molecular complexity index is 931. The van der Waals surface area contributed by atoms with Gasteiger partial charge in [-0.15, -0.1) is 0 Å². The summed E-state index contributed by atoms with van der Waals surface area (Å²) in [6.45, 7) is 2.46. The van der Waals surface area contributed by atoms with E-state index >= 15 is 0 Å². The highest BCUT2D eigenvalue weighted by Crippen LogP contribution is 2.23. The average Bonchev–Trinajstić information content (AvgIpc) is 3.39. The molecule has 0 atom stereocenters. The molecule has 0 spiro atoms. The molecule has 0 radical (unpaired) electrons. The standard InChI is InChI=1S/C21H20FN3O2/c22-17-5-3-16(4-6-17)18-7-8-19(27-18)21(26)24-14-15-9-10-23-20(13-15)25-11-1-2-12-25/h3-10,13H,1-2,11-12,14H2,(H,24,26). The Balaban J connectivity index is 1.40. The van der Waals surface area contributed by atoms with Crippen LogP contribution in [0.3, 0.4) is 0 Å². The predicted octanol–water partition coefficient (Wildman–Crippen LogP) is 4.01. The normalized spacial score (nSPS) is 13.7. The number of pyridine rings is 1. The third kappa shape index (κ3) is 4.00. The van der Waals surface area contributed by atoms with Crippen molar-refractivity contribution in [3.05, 3.63) is 71.9 Å². The number of anilines is 1. The van der Waals surface area contributed by atoms with Crippen molar-refractivity contribution in [2.75, 3.05) is 18.0 Å². The highest BCUT2D eigenvalue weighted by Gasteiger charge is 2.15. The van der Waals surface area contributed by atoms with Crippen molar-refractivity contribution in [3.8, 4) is 11.3 Å². The van der Waals surface area contributed by atoms with E-state index in [4.69, 9.17) is 4.42 Å². The number of amides is 1. The molecule has 1 amide bonds. The number of halogens is 1. The molecule has 1 N–H and O–H groups in total. The van der Waals surface area contributed by atoms with E-state index in [-0.39, 0.29) is 17.5 Å². The molecule has 6 heteroatoms. The molecule has 1 aromatic carbocycles. The van der Waals surface area contributed by atoms with E-state index in [1.807, 2.05) is 12.1 Å². The van der Waals surface area contributed by atoms with E-state index in [0.29, 0.717) is 12.3 Å². The van der Waals surface area contributed by atoms with Gasteiger partial charge in [-0.25, -0.2) is 9.37 Å². The summed E-state index contributed by atoms with van der Waals surface area (Å²) in [6, 6.07) is 13.2. The number of furan rings is 1. The van der Waals surface area contributed by atoms with E-state index in [9.17, 15) is 9.18 Å². The van der Waals surface area contributed by atoms with Crippen molar-refractivity contribution in [1.82, 2.24) is 10.3 Å². The quantitative estimate of drug-likeness (QED) is 0.742. The second kappa shape index (κ2) is 7.61. The van der Waals surface area contributed by atoms with Gasteiger partial charge in [-0.1, -0.05) is 0 Å². The van der Waals surface area contributed by atoms with Crippen molar-refractivity contribution in [3.63, 3.8) is 0 Å². The molecule has 1 fully saturated rings. The first kappa shape index (κ1) is 17.3. The fourth-order valence-corrected chi connectivity index (χ4v) is 3.19. The molecule has 0 saturated carbocycles. The number of rotatable bonds is 5. The van der Waals surface area contributed by atoms with Gasteiger partial charge in [0.05, 0.1) is 0 Å². The van der Waals surface area contributed by atoms with Crippen molar-refractivity contribution in [2.45, 2.75) is 19.4 Å². The molecule has 0 unspecified atom stereocenters. The molecule has 0 bridgehead atoms. The largest absolute Gasteiger partial charge is 0.451 e. The second-order valence-electron chi connectivity index (χ2n) is 6.57. The average molecular weight is 365 g/mol. The van der Waals surface area contributed by atoms with E-state index in [0.717, 1.165) is 30.0 Å². The molecule has 27 heavy (non-hydrogen) atoms. The van der Waals surface area contributed by atoms with Crippen LogP contribution in [0, 0.1) is 5.82 Å². The predicted molar refractivity (Wildman–Crippen MR) is 101 cm³/mol. The number of benzene rings is 1. The maximum absolute atomic E-state index is 13.0. The van der Waals surface area contributed by atoms with Gasteiger partial charge in [0.2, 0.25) is 0 Å². The second-order valence-corrected chi connectivity index (χ2v) is 6.57. The fraction of sp³-hybridized carbons (Fsp3) is 0.238. The minimum Gasteiger partial charge on any atom is -0.451 e. The molecule has 138 valence electrons. The lowest BCUT2D eigenvalue weighted by molar-refractivity contribution is 0.0924. The fourth-order valence-electron chi connectivity index (χ4n) is 3.19. The van der Waals surface area contributed by atoms with Crippen LogP contribution in [0.15, 0.2) is 59.1 Å². The van der Waals surface area contributed by atoms with Gasteiger partial charge in [0.1, 0.15) is 17.4 Å². The number of hydrogen-bond acceptors (Lipinski definition) is 4. The Hall–Kier alpha value is -3.15. The van der Waals surface area contributed by atoms with E-state index in [1.54, 1.807) is 30.5 Å². The maximum Gasteiger partial charge on any atom is 0.287 e. The van der Waals surface area contributed by atoms with Gasteiger partial charge in [0, 0.05) is 31.4 Å². The topological polar surface area (TPSA) is 58.4 Å².